The minimum Gasteiger partial charge on any atom is -0.450 e. The van der Waals surface area contributed by atoms with Crippen molar-refractivity contribution in [2.45, 2.75) is 44.9 Å². The van der Waals surface area contributed by atoms with Gasteiger partial charge < -0.3 is 31.8 Å². The van der Waals surface area contributed by atoms with Crippen LogP contribution in [0.1, 0.15) is 44.9 Å². The normalized spacial score (nSPS) is 10.7. The first-order chi connectivity index (χ1) is 13.2. The number of hydrogen-bond donors (Lipinski definition) is 6. The van der Waals surface area contributed by atoms with Crippen LogP contribution in [0.3, 0.4) is 0 Å². The van der Waals surface area contributed by atoms with E-state index in [2.05, 4.69) is 26.4 Å². The molecule has 0 radical (unpaired) electrons. The maximum Gasteiger partial charge on any atom is 0.407 e. The number of rotatable bonds is 18. The second-order valence-electron chi connectivity index (χ2n) is 6.05. The van der Waals surface area contributed by atoms with Crippen molar-refractivity contribution < 1.29 is 14.3 Å². The van der Waals surface area contributed by atoms with E-state index in [-0.39, 0.29) is 12.5 Å². The molecule has 0 aliphatic rings. The van der Waals surface area contributed by atoms with Crippen molar-refractivity contribution >= 4 is 18.3 Å². The molecule has 0 heterocycles. The van der Waals surface area contributed by atoms with Crippen molar-refractivity contribution in [3.05, 3.63) is 0 Å². The summed E-state index contributed by atoms with van der Waals surface area (Å²) in [7, 11) is 0. The third kappa shape index (κ3) is 20.3. The summed E-state index contributed by atoms with van der Waals surface area (Å²) in [5, 5.41) is 8.47. The first-order valence-corrected chi connectivity index (χ1v) is 9.73. The summed E-state index contributed by atoms with van der Waals surface area (Å²) in [6, 6.07) is 0. The number of carbonyl (C=O) groups is 2. The van der Waals surface area contributed by atoms with Crippen LogP contribution in [0.5, 0.6) is 0 Å². The van der Waals surface area contributed by atoms with Gasteiger partial charge in [-0.15, -0.1) is 0 Å². The van der Waals surface area contributed by atoms with E-state index < -0.39 is 6.09 Å². The van der Waals surface area contributed by atoms with Crippen molar-refractivity contribution in [3.63, 3.8) is 0 Å². The summed E-state index contributed by atoms with van der Waals surface area (Å²) in [5.41, 5.74) is 7.75. The fourth-order valence-electron chi connectivity index (χ4n) is 2.16. The number of unbranched alkanes of at least 4 members (excludes halogenated alkanes) is 4. The highest BCUT2D eigenvalue weighted by molar-refractivity contribution is 5.82. The average molecular weight is 388 g/mol. The van der Waals surface area contributed by atoms with E-state index in [0.29, 0.717) is 19.7 Å². The van der Waals surface area contributed by atoms with E-state index in [0.717, 1.165) is 64.6 Å². The molecule has 8 N–H and O–H groups in total. The Hall–Kier alpha value is -1.91. The molecule has 0 rings (SSSR count). The second-order valence-corrected chi connectivity index (χ2v) is 6.05. The standard InChI is InChI=1S/C17H37N7O3/c18-8-7-11-20-9-5-6-13-27-17(26)23-14-16(25)22-12-4-2-1-3-10-21-15-24-19/h15,20H,1-14,18-19H2,(H,21,24)(H,22,25)(H,23,26). The number of aliphatic imine (C=N–C) groups is 1. The molecule has 0 fully saturated rings. The summed E-state index contributed by atoms with van der Waals surface area (Å²) in [5.74, 6) is 4.84. The quantitative estimate of drug-likeness (QED) is 0.0614. The van der Waals surface area contributed by atoms with Gasteiger partial charge in [0.1, 0.15) is 0 Å². The largest absolute Gasteiger partial charge is 0.450 e. The SMILES string of the molecule is NCCCNCCCCOC(=O)NCC(=O)NCCCCCCN=CNN. The Balaban J connectivity index is 3.36. The van der Waals surface area contributed by atoms with Gasteiger partial charge in [-0.2, -0.15) is 0 Å². The Kier molecular flexibility index (Phi) is 19.0. The molecule has 0 aromatic heterocycles. The van der Waals surface area contributed by atoms with Gasteiger partial charge in [0.15, 0.2) is 0 Å². The molecule has 0 saturated heterocycles. The molecule has 0 spiro atoms. The molecule has 0 aromatic carbocycles. The minimum atomic E-state index is -0.561. The molecule has 0 bridgehead atoms. The van der Waals surface area contributed by atoms with Crippen LogP contribution in [0.2, 0.25) is 0 Å². The third-order valence-corrected chi connectivity index (χ3v) is 3.63. The van der Waals surface area contributed by atoms with Crippen LogP contribution in [0.15, 0.2) is 4.99 Å². The van der Waals surface area contributed by atoms with Crippen LogP contribution in [-0.4, -0.2) is 64.2 Å². The molecule has 2 amide bonds. The molecule has 158 valence electrons. The van der Waals surface area contributed by atoms with Crippen LogP contribution in [0.25, 0.3) is 0 Å². The van der Waals surface area contributed by atoms with Crippen LogP contribution in [0.4, 0.5) is 4.79 Å². The van der Waals surface area contributed by atoms with Crippen molar-refractivity contribution in [3.8, 4) is 0 Å². The fraction of sp³-hybridized carbons (Fsp3) is 0.824. The fourth-order valence-corrected chi connectivity index (χ4v) is 2.16. The average Bonchev–Trinajstić information content (AvgIpc) is 2.67. The lowest BCUT2D eigenvalue weighted by Crippen LogP contribution is -2.37. The zero-order valence-electron chi connectivity index (χ0n) is 16.3. The van der Waals surface area contributed by atoms with Gasteiger partial charge in [0.25, 0.3) is 0 Å². The smallest absolute Gasteiger partial charge is 0.407 e. The first-order valence-electron chi connectivity index (χ1n) is 9.73. The summed E-state index contributed by atoms with van der Waals surface area (Å²) < 4.78 is 5.02. The molecule has 27 heavy (non-hydrogen) atoms. The lowest BCUT2D eigenvalue weighted by atomic mass is 10.2. The number of carbonyl (C=O) groups excluding carboxylic acids is 2. The van der Waals surface area contributed by atoms with Crippen LogP contribution >= 0.6 is 0 Å². The molecule has 0 atom stereocenters. The van der Waals surface area contributed by atoms with Gasteiger partial charge in [0.05, 0.1) is 19.5 Å². The van der Waals surface area contributed by atoms with Crippen LogP contribution < -0.4 is 33.0 Å². The van der Waals surface area contributed by atoms with Gasteiger partial charge >= 0.3 is 6.09 Å². The Morgan fingerprint density at radius 1 is 0.926 bits per heavy atom. The Morgan fingerprint density at radius 3 is 2.44 bits per heavy atom. The molecule has 0 aliphatic carbocycles. The van der Waals surface area contributed by atoms with Gasteiger partial charge in [0.2, 0.25) is 5.91 Å². The summed E-state index contributed by atoms with van der Waals surface area (Å²) in [4.78, 5) is 27.1. The topological polar surface area (TPSA) is 156 Å². The Bertz CT molecular complexity index is 395. The predicted molar refractivity (Wildman–Crippen MR) is 107 cm³/mol. The maximum absolute atomic E-state index is 11.6. The number of hydrazine groups is 1. The number of alkyl carbamates (subject to hydrolysis) is 1. The van der Waals surface area contributed by atoms with Crippen molar-refractivity contribution in [2.75, 3.05) is 45.9 Å². The number of nitrogens with two attached hydrogens (primary N) is 2. The molecular formula is C17H37N7O3. The minimum absolute atomic E-state index is 0.0692. The van der Waals surface area contributed by atoms with Gasteiger partial charge in [-0.3, -0.25) is 9.79 Å². The summed E-state index contributed by atoms with van der Waals surface area (Å²) >= 11 is 0. The van der Waals surface area contributed by atoms with E-state index in [1.807, 2.05) is 0 Å². The molecule has 0 aromatic rings. The number of hydrogen-bond acceptors (Lipinski definition) is 7. The highest BCUT2D eigenvalue weighted by atomic mass is 16.5. The number of nitrogens with zero attached hydrogens (tertiary/aromatic N) is 1. The zero-order chi connectivity index (χ0) is 20.0. The second kappa shape index (κ2) is 20.4. The number of amides is 2. The molecule has 0 aliphatic heterocycles. The van der Waals surface area contributed by atoms with Gasteiger partial charge in [0, 0.05) is 13.1 Å². The Labute approximate surface area is 162 Å². The predicted octanol–water partition coefficient (Wildman–Crippen LogP) is -0.401. The van der Waals surface area contributed by atoms with Gasteiger partial charge in [-0.25, -0.2) is 10.6 Å². The third-order valence-electron chi connectivity index (χ3n) is 3.63. The van der Waals surface area contributed by atoms with E-state index >= 15 is 0 Å². The van der Waals surface area contributed by atoms with Crippen molar-refractivity contribution in [2.24, 2.45) is 16.6 Å². The van der Waals surface area contributed by atoms with E-state index in [4.69, 9.17) is 16.3 Å². The van der Waals surface area contributed by atoms with Gasteiger partial charge in [-0.1, -0.05) is 12.8 Å². The first kappa shape index (κ1) is 25.1. The Morgan fingerprint density at radius 2 is 1.67 bits per heavy atom. The van der Waals surface area contributed by atoms with Crippen molar-refractivity contribution in [1.29, 1.82) is 0 Å². The summed E-state index contributed by atoms with van der Waals surface area (Å²) in [6.07, 6.45) is 7.53. The van der Waals surface area contributed by atoms with Crippen LogP contribution in [-0.2, 0) is 9.53 Å². The molecule has 10 heteroatoms. The van der Waals surface area contributed by atoms with E-state index in [1.165, 1.54) is 6.34 Å². The van der Waals surface area contributed by atoms with Crippen molar-refractivity contribution in [1.82, 2.24) is 21.4 Å². The molecule has 0 unspecified atom stereocenters. The van der Waals surface area contributed by atoms with Crippen LogP contribution in [0, 0.1) is 0 Å². The monoisotopic (exact) mass is 387 g/mol. The highest BCUT2D eigenvalue weighted by Gasteiger charge is 2.05. The summed E-state index contributed by atoms with van der Waals surface area (Å²) in [6.45, 7) is 4.10. The number of ether oxygens (including phenoxy) is 1. The number of nitrogens with one attached hydrogen (secondary N) is 4. The highest BCUT2D eigenvalue weighted by Crippen LogP contribution is 1.98. The van der Waals surface area contributed by atoms with E-state index in [1.54, 1.807) is 0 Å². The van der Waals surface area contributed by atoms with E-state index in [9.17, 15) is 9.59 Å². The van der Waals surface area contributed by atoms with Gasteiger partial charge in [-0.05, 0) is 51.7 Å². The molecule has 0 saturated carbocycles. The lowest BCUT2D eigenvalue weighted by Gasteiger charge is -2.08. The molecule has 10 nitrogen and oxygen atoms in total. The zero-order valence-corrected chi connectivity index (χ0v) is 16.3. The molecular weight excluding hydrogens is 350 g/mol. The lowest BCUT2D eigenvalue weighted by molar-refractivity contribution is -0.120. The maximum atomic E-state index is 11.6.